The molecular formula is C27H22O12P2S4-4. The smallest absolute Gasteiger partial charge is 0.125 e. The van der Waals surface area contributed by atoms with Gasteiger partial charge in [0, 0.05) is 0 Å². The molecule has 0 aliphatic rings. The van der Waals surface area contributed by atoms with Gasteiger partial charge in [-0.05, 0) is 80.1 Å². The summed E-state index contributed by atoms with van der Waals surface area (Å²) >= 11 is 0. The summed E-state index contributed by atoms with van der Waals surface area (Å²) in [5.41, 5.74) is 0. The Balaban J connectivity index is 1.88. The summed E-state index contributed by atoms with van der Waals surface area (Å²) in [5, 5.41) is -0.137. The van der Waals surface area contributed by atoms with E-state index in [1.807, 2.05) is 0 Å². The first-order valence-corrected chi connectivity index (χ1v) is 21.3. The van der Waals surface area contributed by atoms with Crippen molar-refractivity contribution >= 4 is 77.5 Å². The van der Waals surface area contributed by atoms with Crippen molar-refractivity contribution < 1.29 is 51.9 Å². The third-order valence-corrected chi connectivity index (χ3v) is 16.1. The van der Waals surface area contributed by atoms with Crippen LogP contribution >= 0.6 is 15.8 Å². The Labute approximate surface area is 263 Å². The Morgan fingerprint density at radius 1 is 0.378 bits per heavy atom. The molecule has 4 aromatic rings. The molecule has 0 saturated heterocycles. The Morgan fingerprint density at radius 3 is 0.778 bits per heavy atom. The van der Waals surface area contributed by atoms with Gasteiger partial charge in [0.2, 0.25) is 0 Å². The highest BCUT2D eigenvalue weighted by Gasteiger charge is 2.27. The fourth-order valence-corrected chi connectivity index (χ4v) is 14.7. The normalized spacial score (nSPS) is 12.9. The van der Waals surface area contributed by atoms with Crippen LogP contribution in [-0.4, -0.2) is 64.2 Å². The molecule has 240 valence electrons. The van der Waals surface area contributed by atoms with E-state index in [1.54, 1.807) is 0 Å². The van der Waals surface area contributed by atoms with Crippen LogP contribution in [0.3, 0.4) is 0 Å². The lowest BCUT2D eigenvalue weighted by atomic mass is 10.4. The van der Waals surface area contributed by atoms with Crippen molar-refractivity contribution in [2.24, 2.45) is 0 Å². The Morgan fingerprint density at radius 2 is 0.578 bits per heavy atom. The summed E-state index contributed by atoms with van der Waals surface area (Å²) in [6, 6.07) is 20.5. The Bertz CT molecular complexity index is 1860. The minimum atomic E-state index is -5.07. The number of hydrogen-bond donors (Lipinski definition) is 0. The van der Waals surface area contributed by atoms with Gasteiger partial charge in [0.25, 0.3) is 0 Å². The van der Waals surface area contributed by atoms with Crippen LogP contribution in [0.25, 0.3) is 0 Å². The standard InChI is InChI=1S/C27H26O12P2S4/c28-42(29,30)24-14-5-1-10-20(24)40(21-11-2-6-15-25(21)43(31,32)33)18-9-19-41(22-12-3-7-16-26(22)44(34,35)36)23-13-4-8-17-27(23)45(37,38)39/h1-8,10-17H,9,18-19H2,(H,28,29,30)(H,31,32,33)(H,34,35,36)(H,37,38,39)/p-4. The van der Waals surface area contributed by atoms with Crippen molar-refractivity contribution in [3.63, 3.8) is 0 Å². The molecule has 12 nitrogen and oxygen atoms in total. The second kappa shape index (κ2) is 13.6. The topological polar surface area (TPSA) is 229 Å². The zero-order chi connectivity index (χ0) is 33.2. The maximum absolute atomic E-state index is 12.2. The van der Waals surface area contributed by atoms with E-state index >= 15 is 0 Å². The summed E-state index contributed by atoms with van der Waals surface area (Å²) in [6.07, 6.45) is -0.115. The first kappa shape index (κ1) is 35.2. The molecule has 0 fully saturated rings. The molecule has 0 bridgehead atoms. The molecule has 0 aromatic heterocycles. The molecule has 0 radical (unpaired) electrons. The van der Waals surface area contributed by atoms with E-state index in [2.05, 4.69) is 0 Å². The van der Waals surface area contributed by atoms with Crippen molar-refractivity contribution in [3.05, 3.63) is 97.1 Å². The van der Waals surface area contributed by atoms with Crippen molar-refractivity contribution in [1.29, 1.82) is 0 Å². The first-order valence-electron chi connectivity index (χ1n) is 12.7. The highest BCUT2D eigenvalue weighted by Crippen LogP contribution is 2.43. The highest BCUT2D eigenvalue weighted by atomic mass is 32.2. The molecule has 18 heteroatoms. The Kier molecular flexibility index (Phi) is 10.7. The van der Waals surface area contributed by atoms with Crippen LogP contribution in [-0.2, 0) is 40.5 Å². The van der Waals surface area contributed by atoms with E-state index in [-0.39, 0.29) is 40.0 Å². The second-order valence-corrected chi connectivity index (χ2v) is 19.3. The lowest BCUT2D eigenvalue weighted by Crippen LogP contribution is -2.26. The van der Waals surface area contributed by atoms with Crippen molar-refractivity contribution in [1.82, 2.24) is 0 Å². The van der Waals surface area contributed by atoms with Gasteiger partial charge in [-0.25, -0.2) is 33.7 Å². The number of rotatable bonds is 12. The summed E-state index contributed by atoms with van der Waals surface area (Å²) < 4.78 is 146. The minimum Gasteiger partial charge on any atom is -0.744 e. The predicted octanol–water partition coefficient (Wildman–Crippen LogP) is 1.26. The molecule has 0 saturated carbocycles. The lowest BCUT2D eigenvalue weighted by molar-refractivity contribution is 0.461. The van der Waals surface area contributed by atoms with E-state index in [0.29, 0.717) is 0 Å². The molecule has 0 unspecified atom stereocenters. The average Bonchev–Trinajstić information content (AvgIpc) is 2.96. The quantitative estimate of drug-likeness (QED) is 0.148. The van der Waals surface area contributed by atoms with E-state index < -0.39 is 75.9 Å². The van der Waals surface area contributed by atoms with E-state index in [9.17, 15) is 51.9 Å². The summed E-state index contributed by atoms with van der Waals surface area (Å²) in [5.74, 6) is 0. The van der Waals surface area contributed by atoms with Gasteiger partial charge in [-0.3, -0.25) is 0 Å². The fraction of sp³-hybridized carbons (Fsp3) is 0.111. The number of hydrogen-bond acceptors (Lipinski definition) is 12. The van der Waals surface area contributed by atoms with Crippen LogP contribution < -0.4 is 21.2 Å². The maximum atomic E-state index is 12.2. The maximum Gasteiger partial charge on any atom is 0.125 e. The van der Waals surface area contributed by atoms with Crippen LogP contribution in [0.2, 0.25) is 0 Å². The van der Waals surface area contributed by atoms with Gasteiger partial charge in [-0.15, -0.1) is 0 Å². The minimum absolute atomic E-state index is 0.0123. The van der Waals surface area contributed by atoms with Gasteiger partial charge < -0.3 is 18.2 Å². The highest BCUT2D eigenvalue weighted by molar-refractivity contribution is 7.89. The molecule has 0 aliphatic heterocycles. The zero-order valence-electron chi connectivity index (χ0n) is 22.8. The molecule has 0 aliphatic carbocycles. The fourth-order valence-electron chi connectivity index (χ4n) is 4.69. The van der Waals surface area contributed by atoms with E-state index in [0.717, 1.165) is 24.3 Å². The van der Waals surface area contributed by atoms with Gasteiger partial charge in [-0.1, -0.05) is 72.8 Å². The van der Waals surface area contributed by atoms with Crippen LogP contribution in [0.5, 0.6) is 0 Å². The third kappa shape index (κ3) is 8.40. The summed E-state index contributed by atoms with van der Waals surface area (Å²) in [4.78, 5) is -2.49. The van der Waals surface area contributed by atoms with E-state index in [4.69, 9.17) is 0 Å². The second-order valence-electron chi connectivity index (χ2n) is 9.34. The molecule has 0 amide bonds. The van der Waals surface area contributed by atoms with Gasteiger partial charge in [-0.2, -0.15) is 0 Å². The third-order valence-electron chi connectivity index (χ3n) is 6.47. The largest absolute Gasteiger partial charge is 0.744 e. The molecule has 45 heavy (non-hydrogen) atoms. The lowest BCUT2D eigenvalue weighted by Gasteiger charge is -2.28. The molecule has 4 rings (SSSR count). The summed E-state index contributed by atoms with van der Waals surface area (Å²) in [7, 11) is -24.4. The molecule has 0 spiro atoms. The predicted molar refractivity (Wildman–Crippen MR) is 164 cm³/mol. The van der Waals surface area contributed by atoms with Gasteiger partial charge in [0.05, 0.1) is 19.6 Å². The van der Waals surface area contributed by atoms with Crippen LogP contribution in [0.1, 0.15) is 6.42 Å². The molecule has 4 aromatic carbocycles. The molecule has 0 N–H and O–H groups in total. The van der Waals surface area contributed by atoms with E-state index in [1.165, 1.54) is 72.8 Å². The average molecular weight is 729 g/mol. The molecule has 0 atom stereocenters. The van der Waals surface area contributed by atoms with Gasteiger partial charge in [0.1, 0.15) is 40.5 Å². The Hall–Kier alpha value is -2.62. The summed E-state index contributed by atoms with van der Waals surface area (Å²) in [6.45, 7) is 0. The zero-order valence-corrected chi connectivity index (χ0v) is 27.8. The monoisotopic (exact) mass is 728 g/mol. The van der Waals surface area contributed by atoms with Gasteiger partial charge in [0.15, 0.2) is 0 Å². The SMILES string of the molecule is O=S(=O)([O-])c1ccccc1P(CCCP(c1ccccc1S(=O)(=O)[O-])c1ccccc1S(=O)(=O)[O-])c1ccccc1S(=O)(=O)[O-]. The van der Waals surface area contributed by atoms with Crippen LogP contribution in [0.15, 0.2) is 117 Å². The van der Waals surface area contributed by atoms with Crippen LogP contribution in [0.4, 0.5) is 0 Å². The van der Waals surface area contributed by atoms with Crippen molar-refractivity contribution in [3.8, 4) is 0 Å². The first-order chi connectivity index (χ1) is 20.9. The van der Waals surface area contributed by atoms with Crippen molar-refractivity contribution in [2.45, 2.75) is 26.0 Å². The van der Waals surface area contributed by atoms with Crippen molar-refractivity contribution in [2.75, 3.05) is 12.3 Å². The van der Waals surface area contributed by atoms with Crippen LogP contribution in [0, 0.1) is 0 Å². The number of benzene rings is 4. The molecule has 0 heterocycles. The van der Waals surface area contributed by atoms with Gasteiger partial charge >= 0.3 is 0 Å². The molecular weight excluding hydrogens is 707 g/mol.